The molecule has 1 amide bonds. The molecule has 1 heterocycles. The molecule has 26 heavy (non-hydrogen) atoms. The molecular weight excluding hydrogens is 394 g/mol. The van der Waals surface area contributed by atoms with Crippen molar-refractivity contribution in [3.8, 4) is 5.88 Å². The monoisotopic (exact) mass is 413 g/mol. The number of rotatable bonds is 4. The highest BCUT2D eigenvalue weighted by Crippen LogP contribution is 2.26. The maximum absolute atomic E-state index is 12.8. The number of aryl methyl sites for hydroxylation is 2. The van der Waals surface area contributed by atoms with Gasteiger partial charge in [0.25, 0.3) is 5.91 Å². The van der Waals surface area contributed by atoms with Gasteiger partial charge in [-0.05, 0) is 79.0 Å². The number of nitrogens with one attached hydrogen (secondary N) is 1. The van der Waals surface area contributed by atoms with E-state index in [9.17, 15) is 4.79 Å². The second kappa shape index (κ2) is 7.41. The minimum atomic E-state index is -0.361. The fourth-order valence-corrected chi connectivity index (χ4v) is 2.88. The molecular formula is C20H20BrN3O2. The summed E-state index contributed by atoms with van der Waals surface area (Å²) < 4.78 is 6.56. The van der Waals surface area contributed by atoms with Crippen LogP contribution in [0.5, 0.6) is 5.88 Å². The van der Waals surface area contributed by atoms with Gasteiger partial charge in [0.05, 0.1) is 22.8 Å². The molecule has 0 saturated heterocycles. The largest absolute Gasteiger partial charge is 0.473 e. The van der Waals surface area contributed by atoms with Crippen LogP contribution in [-0.4, -0.2) is 22.0 Å². The molecule has 0 atom stereocenters. The van der Waals surface area contributed by atoms with E-state index in [1.54, 1.807) is 0 Å². The fourth-order valence-electron chi connectivity index (χ4n) is 2.49. The summed E-state index contributed by atoms with van der Waals surface area (Å²) in [4.78, 5) is 21.9. The Bertz CT molecular complexity index is 986. The van der Waals surface area contributed by atoms with E-state index < -0.39 is 0 Å². The Morgan fingerprint density at radius 2 is 1.69 bits per heavy atom. The molecule has 0 aliphatic rings. The summed E-state index contributed by atoms with van der Waals surface area (Å²) in [5, 5.41) is 2.86. The van der Waals surface area contributed by atoms with Crippen molar-refractivity contribution in [3.05, 3.63) is 57.7 Å². The van der Waals surface area contributed by atoms with Gasteiger partial charge in [-0.25, -0.2) is 9.97 Å². The smallest absolute Gasteiger partial charge is 0.279 e. The van der Waals surface area contributed by atoms with Gasteiger partial charge in [0.15, 0.2) is 5.69 Å². The van der Waals surface area contributed by atoms with Crippen LogP contribution in [0, 0.1) is 13.8 Å². The molecule has 1 aromatic heterocycles. The van der Waals surface area contributed by atoms with Crippen molar-refractivity contribution in [2.75, 3.05) is 5.32 Å². The molecule has 2 aromatic carbocycles. The number of ether oxygens (including phenoxy) is 1. The maximum Gasteiger partial charge on any atom is 0.279 e. The summed E-state index contributed by atoms with van der Waals surface area (Å²) in [6.45, 7) is 7.81. The van der Waals surface area contributed by atoms with Crippen molar-refractivity contribution >= 4 is 38.6 Å². The summed E-state index contributed by atoms with van der Waals surface area (Å²) in [5.41, 5.74) is 4.43. The van der Waals surface area contributed by atoms with E-state index >= 15 is 0 Å². The summed E-state index contributed by atoms with van der Waals surface area (Å²) in [6.07, 6.45) is -0.122. The third-order valence-corrected chi connectivity index (χ3v) is 4.62. The van der Waals surface area contributed by atoms with Crippen LogP contribution in [0.25, 0.3) is 11.0 Å². The van der Waals surface area contributed by atoms with Crippen LogP contribution in [0.3, 0.4) is 0 Å². The second-order valence-corrected chi connectivity index (χ2v) is 7.26. The standard InChI is InChI=1S/C20H20BrN3O2/c1-11(2)26-20-18(19(25)23-15-8-6-5-7-14(15)21)22-16-9-12(3)13(4)10-17(16)24-20/h5-11H,1-4H3,(H,23,25). The van der Waals surface area contributed by atoms with Gasteiger partial charge >= 0.3 is 0 Å². The molecule has 0 unspecified atom stereocenters. The van der Waals surface area contributed by atoms with Gasteiger partial charge in [-0.15, -0.1) is 0 Å². The number of nitrogens with zero attached hydrogens (tertiary/aromatic N) is 2. The van der Waals surface area contributed by atoms with Crippen LogP contribution >= 0.6 is 15.9 Å². The fraction of sp³-hybridized carbons (Fsp3) is 0.250. The topological polar surface area (TPSA) is 64.1 Å². The van der Waals surface area contributed by atoms with Crippen LogP contribution in [0.1, 0.15) is 35.5 Å². The molecule has 0 aliphatic carbocycles. The highest BCUT2D eigenvalue weighted by Gasteiger charge is 2.20. The molecule has 0 fully saturated rings. The first-order chi connectivity index (χ1) is 12.3. The Morgan fingerprint density at radius 1 is 1.08 bits per heavy atom. The number of carbonyl (C=O) groups excluding carboxylic acids is 1. The van der Waals surface area contributed by atoms with E-state index in [1.165, 1.54) is 0 Å². The van der Waals surface area contributed by atoms with Gasteiger partial charge in [-0.2, -0.15) is 0 Å². The molecule has 0 saturated carbocycles. The Morgan fingerprint density at radius 3 is 2.31 bits per heavy atom. The zero-order chi connectivity index (χ0) is 18.8. The normalized spacial score (nSPS) is 11.0. The Balaban J connectivity index is 2.08. The second-order valence-electron chi connectivity index (χ2n) is 6.40. The summed E-state index contributed by atoms with van der Waals surface area (Å²) in [5.74, 6) is -0.125. The van der Waals surface area contributed by atoms with Gasteiger partial charge in [0.2, 0.25) is 5.88 Å². The Hall–Kier alpha value is -2.47. The number of aromatic nitrogens is 2. The summed E-state index contributed by atoms with van der Waals surface area (Å²) in [7, 11) is 0. The Labute approximate surface area is 160 Å². The Kier molecular flexibility index (Phi) is 5.23. The number of para-hydroxylation sites is 1. The highest BCUT2D eigenvalue weighted by molar-refractivity contribution is 9.10. The van der Waals surface area contributed by atoms with Crippen molar-refractivity contribution in [2.24, 2.45) is 0 Å². The van der Waals surface area contributed by atoms with Crippen molar-refractivity contribution in [2.45, 2.75) is 33.8 Å². The van der Waals surface area contributed by atoms with Crippen molar-refractivity contribution in [3.63, 3.8) is 0 Å². The van der Waals surface area contributed by atoms with Crippen molar-refractivity contribution in [1.82, 2.24) is 9.97 Å². The van der Waals surface area contributed by atoms with E-state index in [0.29, 0.717) is 16.7 Å². The first kappa shape index (κ1) is 18.3. The molecule has 0 aliphatic heterocycles. The molecule has 1 N–H and O–H groups in total. The van der Waals surface area contributed by atoms with Crippen LogP contribution in [0.2, 0.25) is 0 Å². The number of carbonyl (C=O) groups is 1. The van der Waals surface area contributed by atoms with E-state index in [1.807, 2.05) is 64.1 Å². The number of hydrogen-bond acceptors (Lipinski definition) is 4. The zero-order valence-electron chi connectivity index (χ0n) is 15.1. The lowest BCUT2D eigenvalue weighted by atomic mass is 10.1. The average molecular weight is 414 g/mol. The van der Waals surface area contributed by atoms with Crippen molar-refractivity contribution < 1.29 is 9.53 Å². The predicted octanol–water partition coefficient (Wildman–Crippen LogP) is 5.05. The molecule has 0 radical (unpaired) electrons. The minimum Gasteiger partial charge on any atom is -0.473 e. The lowest BCUT2D eigenvalue weighted by Crippen LogP contribution is -2.19. The van der Waals surface area contributed by atoms with E-state index in [-0.39, 0.29) is 23.6 Å². The lowest BCUT2D eigenvalue weighted by molar-refractivity contribution is 0.101. The molecule has 5 nitrogen and oxygen atoms in total. The minimum absolute atomic E-state index is 0.122. The molecule has 6 heteroatoms. The molecule has 3 aromatic rings. The van der Waals surface area contributed by atoms with Gasteiger partial charge < -0.3 is 10.1 Å². The quantitative estimate of drug-likeness (QED) is 0.649. The molecule has 3 rings (SSSR count). The van der Waals surface area contributed by atoms with Crippen molar-refractivity contribution in [1.29, 1.82) is 0 Å². The SMILES string of the molecule is Cc1cc2nc(OC(C)C)c(C(=O)Nc3ccccc3Br)nc2cc1C. The predicted molar refractivity (Wildman–Crippen MR) is 107 cm³/mol. The number of fused-ring (bicyclic) bond motifs is 1. The van der Waals surface area contributed by atoms with Crippen LogP contribution in [0.4, 0.5) is 5.69 Å². The van der Waals surface area contributed by atoms with E-state index in [0.717, 1.165) is 15.6 Å². The first-order valence-corrected chi connectivity index (χ1v) is 9.16. The van der Waals surface area contributed by atoms with E-state index in [2.05, 4.69) is 31.2 Å². The first-order valence-electron chi connectivity index (χ1n) is 8.36. The lowest BCUT2D eigenvalue weighted by Gasteiger charge is -2.14. The number of hydrogen-bond donors (Lipinski definition) is 1. The van der Waals surface area contributed by atoms with Gasteiger partial charge in [-0.3, -0.25) is 4.79 Å². The van der Waals surface area contributed by atoms with Gasteiger partial charge in [-0.1, -0.05) is 12.1 Å². The summed E-state index contributed by atoms with van der Waals surface area (Å²) >= 11 is 3.43. The number of halogens is 1. The van der Waals surface area contributed by atoms with Crippen LogP contribution < -0.4 is 10.1 Å². The number of anilines is 1. The van der Waals surface area contributed by atoms with Gasteiger partial charge in [0, 0.05) is 4.47 Å². The number of amides is 1. The zero-order valence-corrected chi connectivity index (χ0v) is 16.7. The number of benzene rings is 2. The van der Waals surface area contributed by atoms with Gasteiger partial charge in [0.1, 0.15) is 0 Å². The molecule has 0 bridgehead atoms. The average Bonchev–Trinajstić information content (AvgIpc) is 2.57. The molecule has 0 spiro atoms. The van der Waals surface area contributed by atoms with Crippen LogP contribution in [-0.2, 0) is 0 Å². The summed E-state index contributed by atoms with van der Waals surface area (Å²) in [6, 6.07) is 11.3. The molecule has 134 valence electrons. The maximum atomic E-state index is 12.8. The third-order valence-electron chi connectivity index (χ3n) is 3.93. The van der Waals surface area contributed by atoms with E-state index in [4.69, 9.17) is 4.74 Å². The third kappa shape index (κ3) is 3.85. The highest BCUT2D eigenvalue weighted by atomic mass is 79.9. The van der Waals surface area contributed by atoms with Crippen LogP contribution in [0.15, 0.2) is 40.9 Å².